The van der Waals surface area contributed by atoms with Gasteiger partial charge < -0.3 is 4.98 Å². The zero-order valence-corrected chi connectivity index (χ0v) is 6.67. The maximum absolute atomic E-state index is 4.76. The molecule has 6 heteroatoms. The van der Waals surface area contributed by atoms with E-state index in [-0.39, 0.29) is 0 Å². The second-order valence-corrected chi connectivity index (χ2v) is 2.59. The zero-order chi connectivity index (χ0) is 6.85. The van der Waals surface area contributed by atoms with Crippen molar-refractivity contribution in [2.75, 3.05) is 0 Å². The van der Waals surface area contributed by atoms with E-state index in [2.05, 4.69) is 15.2 Å². The highest BCUT2D eigenvalue weighted by atomic mass is 32.1. The number of rotatable bonds is 0. The molecule has 0 aliphatic rings. The largest absolute Gasteiger partial charge is 0.320 e. The van der Waals surface area contributed by atoms with Crippen molar-refractivity contribution < 1.29 is 0 Å². The van der Waals surface area contributed by atoms with E-state index < -0.39 is 0 Å². The predicted octanol–water partition coefficient (Wildman–Crippen LogP) is 1.86. The van der Waals surface area contributed by atoms with Gasteiger partial charge in [0.15, 0.2) is 9.41 Å². The fraction of sp³-hybridized carbons (Fsp3) is 0. The normalized spacial score (nSPS) is 9.33. The Hall–Kier alpha value is -0.330. The van der Waals surface area contributed by atoms with Gasteiger partial charge in [0.2, 0.25) is 0 Å². The van der Waals surface area contributed by atoms with E-state index in [4.69, 9.17) is 36.7 Å². The van der Waals surface area contributed by atoms with Crippen LogP contribution in [0.1, 0.15) is 0 Å². The zero-order valence-electron chi connectivity index (χ0n) is 4.22. The van der Waals surface area contributed by atoms with Gasteiger partial charge in [0.1, 0.15) is 4.64 Å². The molecular formula is C3H3N3S3. The molecule has 1 rings (SSSR count). The van der Waals surface area contributed by atoms with Crippen LogP contribution in [0, 0.1) is 14.1 Å². The molecule has 48 valence electrons. The molecule has 3 N–H and O–H groups in total. The van der Waals surface area contributed by atoms with Crippen LogP contribution in [-0.4, -0.2) is 15.2 Å². The van der Waals surface area contributed by atoms with Crippen molar-refractivity contribution >= 4 is 36.7 Å². The molecule has 0 radical (unpaired) electrons. The molecule has 9 heavy (non-hydrogen) atoms. The Kier molecular flexibility index (Phi) is 1.89. The van der Waals surface area contributed by atoms with Gasteiger partial charge in [-0.1, -0.05) is 24.4 Å². The first-order valence-corrected chi connectivity index (χ1v) is 3.34. The van der Waals surface area contributed by atoms with E-state index in [0.717, 1.165) is 0 Å². The molecular weight excluding hydrogens is 174 g/mol. The van der Waals surface area contributed by atoms with Crippen LogP contribution in [0.4, 0.5) is 0 Å². The van der Waals surface area contributed by atoms with Crippen LogP contribution in [0.2, 0.25) is 0 Å². The van der Waals surface area contributed by atoms with E-state index >= 15 is 0 Å². The highest BCUT2D eigenvalue weighted by Crippen LogP contribution is 1.83. The second-order valence-electron chi connectivity index (χ2n) is 1.36. The van der Waals surface area contributed by atoms with Gasteiger partial charge >= 0.3 is 0 Å². The van der Waals surface area contributed by atoms with Crippen molar-refractivity contribution in [2.45, 2.75) is 0 Å². The maximum Gasteiger partial charge on any atom is 0.190 e. The monoisotopic (exact) mass is 177 g/mol. The summed E-state index contributed by atoms with van der Waals surface area (Å²) < 4.78 is 1.39. The fourth-order valence-corrected chi connectivity index (χ4v) is 0.834. The average molecular weight is 177 g/mol. The molecule has 0 spiro atoms. The molecule has 1 aromatic rings. The maximum atomic E-state index is 4.76. The third kappa shape index (κ3) is 1.54. The van der Waals surface area contributed by atoms with E-state index in [0.29, 0.717) is 14.1 Å². The summed E-state index contributed by atoms with van der Waals surface area (Å²) in [6.45, 7) is 0. The molecule has 0 amide bonds. The van der Waals surface area contributed by atoms with Crippen LogP contribution >= 0.6 is 36.7 Å². The van der Waals surface area contributed by atoms with Crippen molar-refractivity contribution in [1.29, 1.82) is 0 Å². The SMILES string of the molecule is S=c1[nH][nH]c(=S)c(=S)[nH]1. The molecule has 0 aliphatic heterocycles. The Bertz CT molecular complexity index is 355. The lowest BCUT2D eigenvalue weighted by atomic mass is 10.9. The molecule has 1 aromatic heterocycles. The smallest absolute Gasteiger partial charge is 0.190 e. The number of aromatic nitrogens is 3. The molecule has 0 aromatic carbocycles. The standard InChI is InChI=1S/C3H3N3S3/c7-1-2(8)5-6-3(9)4-1/h(H,5,8)(H2,4,6,7,9). The van der Waals surface area contributed by atoms with Crippen molar-refractivity contribution in [1.82, 2.24) is 15.2 Å². The van der Waals surface area contributed by atoms with Crippen LogP contribution < -0.4 is 0 Å². The molecule has 3 nitrogen and oxygen atoms in total. The van der Waals surface area contributed by atoms with Crippen molar-refractivity contribution in [3.05, 3.63) is 14.1 Å². The first-order valence-electron chi connectivity index (χ1n) is 2.11. The van der Waals surface area contributed by atoms with E-state index in [1.165, 1.54) is 0 Å². The molecule has 0 saturated heterocycles. The number of hydrogen-bond acceptors (Lipinski definition) is 3. The Morgan fingerprint density at radius 2 is 1.56 bits per heavy atom. The molecule has 0 saturated carbocycles. The highest BCUT2D eigenvalue weighted by molar-refractivity contribution is 7.73. The molecule has 0 bridgehead atoms. The van der Waals surface area contributed by atoms with Crippen molar-refractivity contribution in [3.8, 4) is 0 Å². The van der Waals surface area contributed by atoms with E-state index in [9.17, 15) is 0 Å². The van der Waals surface area contributed by atoms with Gasteiger partial charge in [0, 0.05) is 0 Å². The van der Waals surface area contributed by atoms with Gasteiger partial charge in [0.25, 0.3) is 0 Å². The summed E-state index contributed by atoms with van der Waals surface area (Å²) in [6, 6.07) is 0. The summed E-state index contributed by atoms with van der Waals surface area (Å²) in [5, 5.41) is 5.22. The van der Waals surface area contributed by atoms with Gasteiger partial charge in [-0.15, -0.1) is 0 Å². The molecule has 0 atom stereocenters. The van der Waals surface area contributed by atoms with Gasteiger partial charge in [-0.3, -0.25) is 10.2 Å². The minimum absolute atomic E-state index is 0.452. The predicted molar refractivity (Wildman–Crippen MR) is 42.0 cm³/mol. The lowest BCUT2D eigenvalue weighted by molar-refractivity contribution is 0.926. The first kappa shape index (κ1) is 6.79. The second kappa shape index (κ2) is 2.51. The summed E-state index contributed by atoms with van der Waals surface area (Å²) >= 11 is 14.2. The minimum atomic E-state index is 0.452. The van der Waals surface area contributed by atoms with Crippen molar-refractivity contribution in [2.24, 2.45) is 0 Å². The van der Waals surface area contributed by atoms with Gasteiger partial charge in [0.05, 0.1) is 0 Å². The molecule has 1 heterocycles. The fourth-order valence-electron chi connectivity index (χ4n) is 0.361. The van der Waals surface area contributed by atoms with Crippen LogP contribution in [0.5, 0.6) is 0 Å². The minimum Gasteiger partial charge on any atom is -0.320 e. The summed E-state index contributed by atoms with van der Waals surface area (Å²) in [6.07, 6.45) is 0. The highest BCUT2D eigenvalue weighted by Gasteiger charge is 1.78. The third-order valence-electron chi connectivity index (χ3n) is 0.723. The molecule has 0 aliphatic carbocycles. The first-order chi connectivity index (χ1) is 4.20. The van der Waals surface area contributed by atoms with Gasteiger partial charge in [-0.25, -0.2) is 0 Å². The summed E-state index contributed by atoms with van der Waals surface area (Å²) in [5.41, 5.74) is 0. The van der Waals surface area contributed by atoms with Gasteiger partial charge in [-0.2, -0.15) is 0 Å². The van der Waals surface area contributed by atoms with Crippen LogP contribution in [0.25, 0.3) is 0 Å². The Balaban J connectivity index is 3.73. The summed E-state index contributed by atoms with van der Waals surface area (Å²) in [4.78, 5) is 2.68. The lowest BCUT2D eigenvalue weighted by Gasteiger charge is -1.84. The molecule has 0 fully saturated rings. The summed E-state index contributed by atoms with van der Waals surface area (Å²) in [5.74, 6) is 0. The average Bonchev–Trinajstić information content (AvgIpc) is 1.80. The Labute approximate surface area is 66.1 Å². The lowest BCUT2D eigenvalue weighted by Crippen LogP contribution is -1.86. The number of nitrogens with one attached hydrogen (secondary N) is 3. The molecule has 0 unspecified atom stereocenters. The Morgan fingerprint density at radius 3 is 2.00 bits per heavy atom. The van der Waals surface area contributed by atoms with E-state index in [1.807, 2.05) is 0 Å². The van der Waals surface area contributed by atoms with E-state index in [1.54, 1.807) is 0 Å². The van der Waals surface area contributed by atoms with Crippen LogP contribution in [0.15, 0.2) is 0 Å². The number of aromatic amines is 3. The van der Waals surface area contributed by atoms with Gasteiger partial charge in [-0.05, 0) is 12.2 Å². The van der Waals surface area contributed by atoms with Crippen LogP contribution in [0.3, 0.4) is 0 Å². The van der Waals surface area contributed by atoms with Crippen LogP contribution in [-0.2, 0) is 0 Å². The third-order valence-corrected chi connectivity index (χ3v) is 1.67. The quantitative estimate of drug-likeness (QED) is 0.530. The van der Waals surface area contributed by atoms with Crippen molar-refractivity contribution in [3.63, 3.8) is 0 Å². The Morgan fingerprint density at radius 1 is 0.889 bits per heavy atom. The number of H-pyrrole nitrogens is 3. The summed E-state index contributed by atoms with van der Waals surface area (Å²) in [7, 11) is 0. The topological polar surface area (TPSA) is 47.4 Å². The number of hydrogen-bond donors (Lipinski definition) is 3.